The number of aryl methyl sites for hydroxylation is 1. The Morgan fingerprint density at radius 3 is 2.50 bits per heavy atom. The zero-order chi connectivity index (χ0) is 21.1. The Morgan fingerprint density at radius 2 is 1.77 bits per heavy atom. The fourth-order valence-corrected chi connectivity index (χ4v) is 3.48. The molecular weight excluding hydrogens is 378 g/mol. The molecule has 2 aromatic heterocycles. The van der Waals surface area contributed by atoms with Gasteiger partial charge < -0.3 is 15.0 Å². The summed E-state index contributed by atoms with van der Waals surface area (Å²) in [6.45, 7) is 0.373. The normalized spacial score (nSPS) is 10.8. The average Bonchev–Trinajstić information content (AvgIpc) is 2.80. The summed E-state index contributed by atoms with van der Waals surface area (Å²) in [4.78, 5) is 29.4. The van der Waals surface area contributed by atoms with Crippen molar-refractivity contribution in [3.05, 3.63) is 106 Å². The lowest BCUT2D eigenvalue weighted by Gasteiger charge is -2.13. The van der Waals surface area contributed by atoms with Crippen LogP contribution in [0.15, 0.2) is 77.9 Å². The Labute approximate surface area is 173 Å². The fourth-order valence-electron chi connectivity index (χ4n) is 3.48. The molecule has 0 aliphatic carbocycles. The first-order chi connectivity index (χ1) is 14.5. The van der Waals surface area contributed by atoms with Gasteiger partial charge in [0.25, 0.3) is 11.5 Å². The van der Waals surface area contributed by atoms with Gasteiger partial charge in [0.1, 0.15) is 5.75 Å². The number of benzene rings is 2. The second-order valence-corrected chi connectivity index (χ2v) is 7.12. The molecule has 0 saturated heterocycles. The van der Waals surface area contributed by atoms with E-state index in [-0.39, 0.29) is 17.2 Å². The molecule has 1 amide bonds. The summed E-state index contributed by atoms with van der Waals surface area (Å²) in [5, 5.41) is 14.2. The third kappa shape index (κ3) is 3.80. The van der Waals surface area contributed by atoms with Gasteiger partial charge in [-0.15, -0.1) is 0 Å². The highest BCUT2D eigenvalue weighted by Crippen LogP contribution is 2.28. The van der Waals surface area contributed by atoms with Crippen LogP contribution >= 0.6 is 0 Å². The van der Waals surface area contributed by atoms with Gasteiger partial charge in [-0.1, -0.05) is 30.3 Å². The highest BCUT2D eigenvalue weighted by Gasteiger charge is 2.17. The highest BCUT2D eigenvalue weighted by molar-refractivity contribution is 5.99. The van der Waals surface area contributed by atoms with E-state index in [2.05, 4.69) is 10.3 Å². The molecule has 0 fully saturated rings. The molecule has 0 radical (unpaired) electrons. The summed E-state index contributed by atoms with van der Waals surface area (Å²) in [7, 11) is 1.67. The summed E-state index contributed by atoms with van der Waals surface area (Å²) < 4.78 is 1.51. The minimum atomic E-state index is -0.258. The van der Waals surface area contributed by atoms with Crippen molar-refractivity contribution in [2.24, 2.45) is 7.05 Å². The van der Waals surface area contributed by atoms with Crippen molar-refractivity contribution < 1.29 is 9.90 Å². The van der Waals surface area contributed by atoms with E-state index in [1.165, 1.54) is 4.57 Å². The second-order valence-electron chi connectivity index (χ2n) is 7.12. The molecule has 0 atom stereocenters. The van der Waals surface area contributed by atoms with Crippen LogP contribution in [0.4, 0.5) is 0 Å². The molecular formula is C24H21N3O3. The van der Waals surface area contributed by atoms with Gasteiger partial charge in [-0.2, -0.15) is 0 Å². The monoisotopic (exact) mass is 399 g/mol. The van der Waals surface area contributed by atoms with Gasteiger partial charge in [0, 0.05) is 43.4 Å². The van der Waals surface area contributed by atoms with Gasteiger partial charge in [0.2, 0.25) is 0 Å². The number of hydrogen-bond donors (Lipinski definition) is 2. The van der Waals surface area contributed by atoms with Gasteiger partial charge >= 0.3 is 0 Å². The fraction of sp³-hybridized carbons (Fsp3) is 0.125. The molecule has 0 aliphatic heterocycles. The van der Waals surface area contributed by atoms with Crippen molar-refractivity contribution in [3.63, 3.8) is 0 Å². The van der Waals surface area contributed by atoms with Crippen LogP contribution in [-0.2, 0) is 20.0 Å². The number of aromatic nitrogens is 2. The van der Waals surface area contributed by atoms with Gasteiger partial charge in [0.05, 0.1) is 11.1 Å². The topological polar surface area (TPSA) is 84.2 Å². The van der Waals surface area contributed by atoms with Crippen molar-refractivity contribution in [3.8, 4) is 5.75 Å². The van der Waals surface area contributed by atoms with Crippen LogP contribution in [-0.4, -0.2) is 20.6 Å². The number of nitrogens with one attached hydrogen (secondary N) is 1. The molecule has 0 unspecified atom stereocenters. The van der Waals surface area contributed by atoms with Crippen molar-refractivity contribution in [1.82, 2.24) is 14.9 Å². The van der Waals surface area contributed by atoms with Crippen LogP contribution in [0.3, 0.4) is 0 Å². The maximum absolute atomic E-state index is 12.8. The summed E-state index contributed by atoms with van der Waals surface area (Å²) in [5.74, 6) is -0.340. The predicted octanol–water partition coefficient (Wildman–Crippen LogP) is 3.16. The van der Waals surface area contributed by atoms with E-state index in [1.54, 1.807) is 37.6 Å². The van der Waals surface area contributed by atoms with E-state index in [4.69, 9.17) is 0 Å². The van der Waals surface area contributed by atoms with Crippen LogP contribution in [0.25, 0.3) is 10.9 Å². The van der Waals surface area contributed by atoms with E-state index >= 15 is 0 Å². The summed E-state index contributed by atoms with van der Waals surface area (Å²) >= 11 is 0. The summed E-state index contributed by atoms with van der Waals surface area (Å²) in [5.41, 5.74) is 2.91. The molecule has 6 heteroatoms. The maximum atomic E-state index is 12.8. The molecule has 30 heavy (non-hydrogen) atoms. The zero-order valence-electron chi connectivity index (χ0n) is 16.5. The Balaban J connectivity index is 1.69. The maximum Gasteiger partial charge on any atom is 0.258 e. The third-order valence-electron chi connectivity index (χ3n) is 5.15. The van der Waals surface area contributed by atoms with Gasteiger partial charge in [-0.05, 0) is 41.5 Å². The summed E-state index contributed by atoms with van der Waals surface area (Å²) in [6, 6.07) is 18.1. The van der Waals surface area contributed by atoms with E-state index in [0.717, 1.165) is 11.1 Å². The van der Waals surface area contributed by atoms with Crippen LogP contribution in [0.5, 0.6) is 5.75 Å². The summed E-state index contributed by atoms with van der Waals surface area (Å²) in [6.07, 6.45) is 3.66. The van der Waals surface area contributed by atoms with Gasteiger partial charge in [-0.3, -0.25) is 14.6 Å². The van der Waals surface area contributed by atoms with Crippen LogP contribution in [0.1, 0.15) is 27.0 Å². The highest BCUT2D eigenvalue weighted by atomic mass is 16.3. The van der Waals surface area contributed by atoms with Gasteiger partial charge in [-0.25, -0.2) is 0 Å². The van der Waals surface area contributed by atoms with Crippen molar-refractivity contribution in [2.75, 3.05) is 0 Å². The Morgan fingerprint density at radius 1 is 1.03 bits per heavy atom. The van der Waals surface area contributed by atoms with Crippen LogP contribution in [0.2, 0.25) is 0 Å². The van der Waals surface area contributed by atoms with E-state index in [9.17, 15) is 14.7 Å². The van der Waals surface area contributed by atoms with Crippen LogP contribution in [0, 0.1) is 0 Å². The molecule has 0 aliphatic rings. The van der Waals surface area contributed by atoms with E-state index in [0.29, 0.717) is 35.0 Å². The number of aromatic hydroxyl groups is 1. The lowest BCUT2D eigenvalue weighted by Crippen LogP contribution is -2.24. The molecule has 4 aromatic rings. The quantitative estimate of drug-likeness (QED) is 0.540. The van der Waals surface area contributed by atoms with Crippen molar-refractivity contribution >= 4 is 16.8 Å². The lowest BCUT2D eigenvalue weighted by atomic mass is 10.0. The largest absolute Gasteiger partial charge is 0.507 e. The SMILES string of the molecule is Cn1c(=O)c(Cc2ccccc2)c(O)c2cc(C(=O)NCc3ccncc3)ccc21. The molecule has 0 saturated carbocycles. The number of pyridine rings is 2. The number of nitrogens with zero attached hydrogens (tertiary/aromatic N) is 2. The van der Waals surface area contributed by atoms with Gasteiger partial charge in [0.15, 0.2) is 0 Å². The minimum absolute atomic E-state index is 0.0827. The molecule has 0 spiro atoms. The third-order valence-corrected chi connectivity index (χ3v) is 5.15. The zero-order valence-corrected chi connectivity index (χ0v) is 16.5. The second kappa shape index (κ2) is 8.21. The Kier molecular flexibility index (Phi) is 5.30. The first kappa shape index (κ1) is 19.4. The molecule has 6 nitrogen and oxygen atoms in total. The Hall–Kier alpha value is -3.93. The molecule has 4 rings (SSSR count). The number of carbonyl (C=O) groups is 1. The Bertz CT molecular complexity index is 1270. The molecule has 150 valence electrons. The van der Waals surface area contributed by atoms with Crippen molar-refractivity contribution in [2.45, 2.75) is 13.0 Å². The lowest BCUT2D eigenvalue weighted by molar-refractivity contribution is 0.0951. The number of fused-ring (bicyclic) bond motifs is 1. The average molecular weight is 399 g/mol. The van der Waals surface area contributed by atoms with E-state index < -0.39 is 0 Å². The number of amides is 1. The number of carbonyl (C=O) groups excluding carboxylic acids is 1. The smallest absolute Gasteiger partial charge is 0.258 e. The number of rotatable bonds is 5. The molecule has 0 bridgehead atoms. The van der Waals surface area contributed by atoms with Crippen molar-refractivity contribution in [1.29, 1.82) is 0 Å². The number of hydrogen-bond acceptors (Lipinski definition) is 4. The molecule has 2 heterocycles. The first-order valence-corrected chi connectivity index (χ1v) is 9.60. The van der Waals surface area contributed by atoms with E-state index in [1.807, 2.05) is 42.5 Å². The molecule has 2 N–H and O–H groups in total. The first-order valence-electron chi connectivity index (χ1n) is 9.60. The predicted molar refractivity (Wildman–Crippen MR) is 116 cm³/mol. The minimum Gasteiger partial charge on any atom is -0.507 e. The molecule has 2 aromatic carbocycles. The van der Waals surface area contributed by atoms with Crippen LogP contribution < -0.4 is 10.9 Å². The standard InChI is InChI=1S/C24H21N3O3/c1-27-21-8-7-18(23(29)26-15-17-9-11-25-12-10-17)14-19(21)22(28)20(24(27)30)13-16-5-3-2-4-6-16/h2-12,14,28H,13,15H2,1H3,(H,26,29).